The second-order valence-electron chi connectivity index (χ2n) is 7.52. The number of ether oxygens (including phenoxy) is 3. The van der Waals surface area contributed by atoms with Crippen molar-refractivity contribution >= 4 is 58.8 Å². The predicted octanol–water partition coefficient (Wildman–Crippen LogP) is 2.07. The van der Waals surface area contributed by atoms with E-state index < -0.39 is 29.9 Å². The van der Waals surface area contributed by atoms with Gasteiger partial charge >= 0.3 is 17.9 Å². The molecular formula is C28H38Cl2N2O9. The van der Waals surface area contributed by atoms with Crippen LogP contribution in [-0.4, -0.2) is 61.1 Å². The van der Waals surface area contributed by atoms with Crippen LogP contribution in [0, 0.1) is 47.9 Å². The van der Waals surface area contributed by atoms with E-state index in [0.29, 0.717) is 6.42 Å². The first-order valence-electron chi connectivity index (χ1n) is 11.9. The summed E-state index contributed by atoms with van der Waals surface area (Å²) in [7, 11) is 2.51. The number of Topliss-reactive ketones (excluding diaryl/α,β-unsaturated/α-hetero) is 1. The first-order chi connectivity index (χ1) is 18.7. The van der Waals surface area contributed by atoms with Crippen molar-refractivity contribution in [2.24, 2.45) is 17.6 Å². The Labute approximate surface area is 253 Å². The van der Waals surface area contributed by atoms with E-state index >= 15 is 0 Å². The molecule has 11 nitrogen and oxygen atoms in total. The van der Waals surface area contributed by atoms with Gasteiger partial charge in [-0.3, -0.25) is 24.0 Å². The fourth-order valence-electron chi connectivity index (χ4n) is 2.05. The van der Waals surface area contributed by atoms with Crippen molar-refractivity contribution in [3.8, 4) is 36.0 Å². The molecule has 0 radical (unpaired) electrons. The minimum atomic E-state index is -1.18. The molecule has 3 N–H and O–H groups in total. The summed E-state index contributed by atoms with van der Waals surface area (Å²) in [5.74, 6) is 8.92. The molecule has 0 aromatic heterocycles. The Kier molecular flexibility index (Phi) is 28.5. The Morgan fingerprint density at radius 2 is 1.59 bits per heavy atom. The number of ketones is 1. The van der Waals surface area contributed by atoms with Gasteiger partial charge < -0.3 is 25.3 Å². The van der Waals surface area contributed by atoms with E-state index in [1.807, 2.05) is 19.9 Å². The topological polar surface area (TPSA) is 168 Å². The maximum Gasteiger partial charge on any atom is 0.328 e. The van der Waals surface area contributed by atoms with Gasteiger partial charge in [0, 0.05) is 12.8 Å². The molecule has 41 heavy (non-hydrogen) atoms. The molecule has 0 bridgehead atoms. The lowest BCUT2D eigenvalue weighted by molar-refractivity contribution is -0.156. The zero-order chi connectivity index (χ0) is 31.8. The molecule has 1 saturated heterocycles. The highest BCUT2D eigenvalue weighted by Gasteiger charge is 2.31. The standard InChI is InChI=1S/C15H15NO4.C6H8O2.C4H9NO2.C3H5ClO.ClH/c1-5-7-8-9-10-12(13(17)6-2)14(18)16-11(3)15(19)20-4;1-3-5-4(2)6(7)8-5;1-3(5)4(6)7-2;1-2-3(4)5;/h1,11-12H,6H2,2-4H3,(H,16,18);3-4H,1-2H3;3H,5H2,1-2H3;2H2,1H3;1H/b;5-3+;;;. The first-order valence-corrected chi connectivity index (χ1v) is 12.3. The molecule has 0 aromatic rings. The van der Waals surface area contributed by atoms with Gasteiger partial charge in [-0.2, -0.15) is 0 Å². The van der Waals surface area contributed by atoms with Crippen molar-refractivity contribution < 1.29 is 43.0 Å². The summed E-state index contributed by atoms with van der Waals surface area (Å²) >= 11 is 4.82. The van der Waals surface area contributed by atoms with E-state index in [-0.39, 0.29) is 47.7 Å². The number of esters is 3. The third kappa shape index (κ3) is 21.7. The van der Waals surface area contributed by atoms with Gasteiger partial charge in [-0.1, -0.05) is 19.8 Å². The Balaban J connectivity index is -0.000000265. The number of hydrogen-bond donors (Lipinski definition) is 2. The summed E-state index contributed by atoms with van der Waals surface area (Å²) in [6, 6.07) is -1.36. The molecule has 0 aromatic carbocycles. The summed E-state index contributed by atoms with van der Waals surface area (Å²) in [4.78, 5) is 64.9. The van der Waals surface area contributed by atoms with Crippen molar-refractivity contribution in [2.75, 3.05) is 14.2 Å². The average molecular weight is 618 g/mol. The Hall–Kier alpha value is -3.82. The fourth-order valence-corrected chi connectivity index (χ4v) is 2.05. The molecule has 1 heterocycles. The number of carbonyl (C=O) groups is 6. The number of amides is 1. The Morgan fingerprint density at radius 1 is 1.07 bits per heavy atom. The van der Waals surface area contributed by atoms with Crippen LogP contribution in [0.2, 0.25) is 0 Å². The number of allylic oxidation sites excluding steroid dienone is 1. The predicted molar refractivity (Wildman–Crippen MR) is 156 cm³/mol. The van der Waals surface area contributed by atoms with Crippen LogP contribution in [-0.2, 0) is 43.0 Å². The summed E-state index contributed by atoms with van der Waals surface area (Å²) < 4.78 is 13.3. The molecule has 0 aliphatic carbocycles. The van der Waals surface area contributed by atoms with Crippen LogP contribution in [0.15, 0.2) is 11.8 Å². The smallest absolute Gasteiger partial charge is 0.328 e. The largest absolute Gasteiger partial charge is 0.468 e. The van der Waals surface area contributed by atoms with E-state index in [2.05, 4.69) is 49.1 Å². The van der Waals surface area contributed by atoms with Crippen molar-refractivity contribution in [3.63, 3.8) is 0 Å². The molecule has 0 saturated carbocycles. The van der Waals surface area contributed by atoms with Gasteiger partial charge in [0.2, 0.25) is 11.1 Å². The molecule has 228 valence electrons. The van der Waals surface area contributed by atoms with E-state index in [9.17, 15) is 28.8 Å². The van der Waals surface area contributed by atoms with Gasteiger partial charge in [0.1, 0.15) is 23.8 Å². The zero-order valence-electron chi connectivity index (χ0n) is 24.4. The van der Waals surface area contributed by atoms with Crippen molar-refractivity contribution in [3.05, 3.63) is 11.8 Å². The number of nitrogens with two attached hydrogens (primary N) is 1. The highest BCUT2D eigenvalue weighted by atomic mass is 35.5. The Morgan fingerprint density at radius 3 is 1.85 bits per heavy atom. The second kappa shape index (κ2) is 26.4. The van der Waals surface area contributed by atoms with Crippen LogP contribution >= 0.6 is 24.0 Å². The van der Waals surface area contributed by atoms with Crippen LogP contribution in [0.5, 0.6) is 0 Å². The lowest BCUT2D eigenvalue weighted by atomic mass is 10.0. The maximum absolute atomic E-state index is 11.9. The second-order valence-corrected chi connectivity index (χ2v) is 7.95. The fraction of sp³-hybridized carbons (Fsp3) is 0.500. The van der Waals surface area contributed by atoms with E-state index in [1.54, 1.807) is 20.8 Å². The van der Waals surface area contributed by atoms with Crippen molar-refractivity contribution in [1.82, 2.24) is 5.32 Å². The normalized spacial score (nSPS) is 14.9. The minimum Gasteiger partial charge on any atom is -0.468 e. The monoisotopic (exact) mass is 616 g/mol. The number of nitrogens with one attached hydrogen (secondary N) is 1. The summed E-state index contributed by atoms with van der Waals surface area (Å²) in [6.45, 7) is 10.0. The third-order valence-electron chi connectivity index (χ3n) is 4.39. The molecule has 1 aliphatic rings. The van der Waals surface area contributed by atoms with Crippen molar-refractivity contribution in [1.29, 1.82) is 0 Å². The molecule has 4 atom stereocenters. The molecule has 1 aliphatic heterocycles. The molecule has 13 heteroatoms. The van der Waals surface area contributed by atoms with Gasteiger partial charge in [-0.05, 0) is 69.1 Å². The number of methoxy groups -OCH3 is 2. The highest BCUT2D eigenvalue weighted by Crippen LogP contribution is 2.24. The average Bonchev–Trinajstić information content (AvgIpc) is 2.94. The third-order valence-corrected chi connectivity index (χ3v) is 4.66. The summed E-state index contributed by atoms with van der Waals surface area (Å²) in [5.41, 5.74) is 5.07. The highest BCUT2D eigenvalue weighted by molar-refractivity contribution is 6.63. The Bertz CT molecular complexity index is 1090. The van der Waals surface area contributed by atoms with Crippen LogP contribution in [0.3, 0.4) is 0 Å². The van der Waals surface area contributed by atoms with Gasteiger partial charge in [-0.25, -0.2) is 4.79 Å². The molecule has 0 spiro atoms. The van der Waals surface area contributed by atoms with Crippen molar-refractivity contribution in [2.45, 2.75) is 66.5 Å². The lowest BCUT2D eigenvalue weighted by Gasteiger charge is -2.23. The number of hydrogen-bond acceptors (Lipinski definition) is 10. The van der Waals surface area contributed by atoms with Gasteiger partial charge in [0.25, 0.3) is 0 Å². The number of rotatable bonds is 7. The minimum absolute atomic E-state index is 0. The van der Waals surface area contributed by atoms with Crippen LogP contribution in [0.4, 0.5) is 0 Å². The zero-order valence-corrected chi connectivity index (χ0v) is 26.0. The summed E-state index contributed by atoms with van der Waals surface area (Å²) in [5, 5.41) is 2.09. The number of carbonyl (C=O) groups excluding carboxylic acids is 6. The molecule has 4 unspecified atom stereocenters. The molecular weight excluding hydrogens is 579 g/mol. The lowest BCUT2D eigenvalue weighted by Crippen LogP contribution is -2.43. The molecule has 1 amide bonds. The summed E-state index contributed by atoms with van der Waals surface area (Å²) in [6.07, 6.45) is 7.30. The number of cyclic esters (lactones) is 1. The first kappa shape index (κ1) is 44.2. The van der Waals surface area contributed by atoms with E-state index in [0.717, 1.165) is 5.76 Å². The van der Waals surface area contributed by atoms with E-state index in [1.165, 1.54) is 21.1 Å². The maximum atomic E-state index is 11.9. The van der Waals surface area contributed by atoms with Gasteiger partial charge in [0.15, 0.2) is 11.7 Å². The van der Waals surface area contributed by atoms with Gasteiger partial charge in [-0.15, -0.1) is 18.8 Å². The van der Waals surface area contributed by atoms with Gasteiger partial charge in [0.05, 0.1) is 14.2 Å². The number of terminal acetylenes is 1. The van der Waals surface area contributed by atoms with E-state index in [4.69, 9.17) is 23.8 Å². The van der Waals surface area contributed by atoms with Crippen LogP contribution in [0.1, 0.15) is 54.4 Å². The number of halogens is 2. The molecule has 1 rings (SSSR count). The molecule has 1 fully saturated rings. The quantitative estimate of drug-likeness (QED) is 0.142. The SMILES string of the molecule is C#CC#CC#CC(C(=O)CC)C(=O)NC(C)C(=O)OC.C/C=C1/OC(=O)C1C.CCC(=O)Cl.COC(=O)C(C)N.Cl. The van der Waals surface area contributed by atoms with Crippen LogP contribution in [0.25, 0.3) is 0 Å². The van der Waals surface area contributed by atoms with Crippen LogP contribution < -0.4 is 11.1 Å².